The SMILES string of the molecule is CC(=O)N[C@@H](Cc1ccc(OP(=O)(O)O)cc1)C(=O)NC(CCC(=O)O)C(=O)N(C)[C@@H](C)Cc1ccccc1. The van der Waals surface area contributed by atoms with Crippen LogP contribution in [0.1, 0.15) is 37.8 Å². The number of hydrogen-bond donors (Lipinski definition) is 5. The van der Waals surface area contributed by atoms with Gasteiger partial charge < -0.3 is 25.2 Å². The van der Waals surface area contributed by atoms with Gasteiger partial charge in [0.15, 0.2) is 0 Å². The van der Waals surface area contributed by atoms with Crippen molar-refractivity contribution in [3.8, 4) is 5.75 Å². The van der Waals surface area contributed by atoms with Gasteiger partial charge in [-0.25, -0.2) is 4.57 Å². The van der Waals surface area contributed by atoms with Gasteiger partial charge in [0.25, 0.3) is 0 Å². The Morgan fingerprint density at radius 3 is 2.05 bits per heavy atom. The summed E-state index contributed by atoms with van der Waals surface area (Å²) in [6.45, 7) is 3.07. The van der Waals surface area contributed by atoms with Gasteiger partial charge in [-0.05, 0) is 43.0 Å². The third-order valence-electron chi connectivity index (χ3n) is 5.93. The smallest absolute Gasteiger partial charge is 0.481 e. The van der Waals surface area contributed by atoms with Crippen LogP contribution in [0.15, 0.2) is 54.6 Å². The average molecular weight is 564 g/mol. The third kappa shape index (κ3) is 11.3. The van der Waals surface area contributed by atoms with Crippen molar-refractivity contribution in [2.45, 2.75) is 57.7 Å². The van der Waals surface area contributed by atoms with Crippen LogP contribution in [0, 0.1) is 0 Å². The van der Waals surface area contributed by atoms with Crippen molar-refractivity contribution in [1.29, 1.82) is 0 Å². The lowest BCUT2D eigenvalue weighted by Crippen LogP contribution is -2.55. The second kappa shape index (κ2) is 14.4. The van der Waals surface area contributed by atoms with Gasteiger partial charge in [0.05, 0.1) is 0 Å². The minimum atomic E-state index is -4.74. The number of phosphoric acid groups is 1. The standard InChI is InChI=1S/C26H34N3O9P/c1-17(15-19-7-5-4-6-8-19)29(3)26(34)22(13-14-24(31)32)28-25(33)23(27-18(2)30)16-20-9-11-21(12-10-20)38-39(35,36)37/h4-12,17,22-23H,13-16H2,1-3H3,(H,27,30)(H,28,33)(H,31,32)(H2,35,36,37)/t17-,22?,23-/m0/s1. The number of carbonyl (C=O) groups excluding carboxylic acids is 3. The lowest BCUT2D eigenvalue weighted by atomic mass is 10.0. The van der Waals surface area contributed by atoms with Crippen molar-refractivity contribution >= 4 is 31.5 Å². The number of hydrogen-bond acceptors (Lipinski definition) is 6. The lowest BCUT2D eigenvalue weighted by Gasteiger charge is -2.30. The molecule has 2 aromatic rings. The number of aliphatic carboxylic acids is 1. The lowest BCUT2D eigenvalue weighted by molar-refractivity contribution is -0.140. The Hall–Kier alpha value is -3.73. The van der Waals surface area contributed by atoms with E-state index in [1.807, 2.05) is 37.3 Å². The van der Waals surface area contributed by atoms with Crippen molar-refractivity contribution in [3.05, 3.63) is 65.7 Å². The summed E-state index contributed by atoms with van der Waals surface area (Å²) in [6, 6.07) is 12.6. The molecule has 12 nitrogen and oxygen atoms in total. The van der Waals surface area contributed by atoms with Gasteiger partial charge in [-0.3, -0.25) is 29.0 Å². The van der Waals surface area contributed by atoms with Crippen molar-refractivity contribution in [2.75, 3.05) is 7.05 Å². The van der Waals surface area contributed by atoms with Crippen LogP contribution in [0.2, 0.25) is 0 Å². The first kappa shape index (κ1) is 31.5. The van der Waals surface area contributed by atoms with E-state index in [0.717, 1.165) is 5.56 Å². The second-order valence-corrected chi connectivity index (χ2v) is 10.3. The second-order valence-electron chi connectivity index (χ2n) is 9.16. The molecule has 0 heterocycles. The van der Waals surface area contributed by atoms with Crippen LogP contribution in [-0.2, 0) is 36.6 Å². The highest BCUT2D eigenvalue weighted by Crippen LogP contribution is 2.37. The van der Waals surface area contributed by atoms with E-state index in [4.69, 9.17) is 9.79 Å². The molecule has 2 aromatic carbocycles. The number of benzene rings is 2. The minimum absolute atomic E-state index is 0.0122. The Bertz CT molecular complexity index is 1180. The van der Waals surface area contributed by atoms with E-state index in [-0.39, 0.29) is 31.1 Å². The Labute approximate surface area is 226 Å². The fourth-order valence-corrected chi connectivity index (χ4v) is 4.26. The van der Waals surface area contributed by atoms with E-state index in [9.17, 15) is 28.8 Å². The van der Waals surface area contributed by atoms with Crippen molar-refractivity contribution < 1.29 is 43.2 Å². The Balaban J connectivity index is 2.17. The maximum Gasteiger partial charge on any atom is 0.524 e. The molecule has 0 bridgehead atoms. The fourth-order valence-electron chi connectivity index (χ4n) is 3.87. The van der Waals surface area contributed by atoms with Gasteiger partial charge in [0.2, 0.25) is 17.7 Å². The molecule has 3 atom stereocenters. The Morgan fingerprint density at radius 2 is 1.51 bits per heavy atom. The molecule has 0 aliphatic carbocycles. The summed E-state index contributed by atoms with van der Waals surface area (Å²) in [5.41, 5.74) is 1.54. The van der Waals surface area contributed by atoms with Gasteiger partial charge in [0.1, 0.15) is 17.8 Å². The summed E-state index contributed by atoms with van der Waals surface area (Å²) in [6.07, 6.45) is 0.0353. The molecule has 39 heavy (non-hydrogen) atoms. The minimum Gasteiger partial charge on any atom is -0.481 e. The molecule has 0 fully saturated rings. The number of likely N-dealkylation sites (N-methyl/N-ethyl adjacent to an activating group) is 1. The van der Waals surface area contributed by atoms with Gasteiger partial charge >= 0.3 is 13.8 Å². The van der Waals surface area contributed by atoms with Gasteiger partial charge in [-0.15, -0.1) is 0 Å². The van der Waals surface area contributed by atoms with Crippen molar-refractivity contribution in [2.24, 2.45) is 0 Å². The van der Waals surface area contributed by atoms with Crippen LogP contribution in [0.5, 0.6) is 5.75 Å². The summed E-state index contributed by atoms with van der Waals surface area (Å²) < 4.78 is 15.5. The summed E-state index contributed by atoms with van der Waals surface area (Å²) in [4.78, 5) is 68.9. The number of phosphoric ester groups is 1. The number of carboxylic acids is 1. The number of rotatable bonds is 14. The number of amides is 3. The zero-order valence-electron chi connectivity index (χ0n) is 21.9. The first-order valence-electron chi connectivity index (χ1n) is 12.2. The molecular weight excluding hydrogens is 529 g/mol. The first-order chi connectivity index (χ1) is 18.2. The number of nitrogens with zero attached hydrogens (tertiary/aromatic N) is 1. The maximum atomic E-state index is 13.3. The van der Waals surface area contributed by atoms with Crippen LogP contribution >= 0.6 is 7.82 Å². The monoisotopic (exact) mass is 563 g/mol. The third-order valence-corrected chi connectivity index (χ3v) is 6.37. The molecule has 3 amide bonds. The molecule has 1 unspecified atom stereocenters. The molecule has 0 aliphatic heterocycles. The van der Waals surface area contributed by atoms with E-state index in [0.29, 0.717) is 12.0 Å². The van der Waals surface area contributed by atoms with Gasteiger partial charge in [0, 0.05) is 32.9 Å². The number of nitrogens with one attached hydrogen (secondary N) is 2. The molecule has 0 aliphatic rings. The summed E-state index contributed by atoms with van der Waals surface area (Å²) in [5, 5.41) is 14.3. The maximum absolute atomic E-state index is 13.3. The molecule has 5 N–H and O–H groups in total. The molecule has 2 rings (SSSR count). The summed E-state index contributed by atoms with van der Waals surface area (Å²) in [7, 11) is -3.15. The molecular formula is C26H34N3O9P. The average Bonchev–Trinajstić information content (AvgIpc) is 2.85. The van der Waals surface area contributed by atoms with Gasteiger partial charge in [-0.1, -0.05) is 42.5 Å². The van der Waals surface area contributed by atoms with E-state index in [1.165, 1.54) is 36.1 Å². The van der Waals surface area contributed by atoms with Crippen LogP contribution in [0.4, 0.5) is 0 Å². The first-order valence-corrected chi connectivity index (χ1v) is 13.7. The molecule has 0 saturated carbocycles. The van der Waals surface area contributed by atoms with Crippen LogP contribution < -0.4 is 15.2 Å². The number of carboxylic acid groups (broad SMARTS) is 1. The highest BCUT2D eigenvalue weighted by atomic mass is 31.2. The highest BCUT2D eigenvalue weighted by Gasteiger charge is 2.30. The normalized spacial score (nSPS) is 13.5. The van der Waals surface area contributed by atoms with Gasteiger partial charge in [-0.2, -0.15) is 0 Å². The predicted molar refractivity (Wildman–Crippen MR) is 142 cm³/mol. The van der Waals surface area contributed by atoms with E-state index in [1.54, 1.807) is 7.05 Å². The molecule has 0 aromatic heterocycles. The summed E-state index contributed by atoms with van der Waals surface area (Å²) in [5.74, 6) is -2.86. The largest absolute Gasteiger partial charge is 0.524 e. The van der Waals surface area contributed by atoms with E-state index in [2.05, 4.69) is 15.2 Å². The zero-order chi connectivity index (χ0) is 29.2. The molecule has 212 valence electrons. The quantitative estimate of drug-likeness (QED) is 0.213. The Morgan fingerprint density at radius 1 is 0.923 bits per heavy atom. The molecule has 0 spiro atoms. The zero-order valence-corrected chi connectivity index (χ0v) is 22.8. The highest BCUT2D eigenvalue weighted by molar-refractivity contribution is 7.46. The van der Waals surface area contributed by atoms with Crippen molar-refractivity contribution in [3.63, 3.8) is 0 Å². The van der Waals surface area contributed by atoms with Crippen LogP contribution in [-0.4, -0.2) is 68.7 Å². The van der Waals surface area contributed by atoms with E-state index < -0.39 is 43.6 Å². The molecule has 0 radical (unpaired) electrons. The van der Waals surface area contributed by atoms with Crippen molar-refractivity contribution in [1.82, 2.24) is 15.5 Å². The molecule has 13 heteroatoms. The van der Waals surface area contributed by atoms with E-state index >= 15 is 0 Å². The topological polar surface area (TPSA) is 183 Å². The molecule has 0 saturated heterocycles. The predicted octanol–water partition coefficient (Wildman–Crippen LogP) is 1.64. The summed E-state index contributed by atoms with van der Waals surface area (Å²) >= 11 is 0. The van der Waals surface area contributed by atoms with Crippen LogP contribution in [0.25, 0.3) is 0 Å². The number of carbonyl (C=O) groups is 4. The fraction of sp³-hybridized carbons (Fsp3) is 0.385. The Kier molecular flexibility index (Phi) is 11.7. The van der Waals surface area contributed by atoms with Crippen LogP contribution in [0.3, 0.4) is 0 Å².